The normalized spacial score (nSPS) is 10.4. The van der Waals surface area contributed by atoms with Crippen molar-refractivity contribution >= 4 is 21.8 Å². The number of amides is 1. The van der Waals surface area contributed by atoms with Gasteiger partial charge in [-0.1, -0.05) is 34.1 Å². The Morgan fingerprint density at radius 3 is 2.72 bits per heavy atom. The van der Waals surface area contributed by atoms with Crippen LogP contribution in [-0.2, 0) is 6.54 Å². The third-order valence-corrected chi connectivity index (χ3v) is 3.53. The van der Waals surface area contributed by atoms with E-state index in [0.717, 1.165) is 21.4 Å². The molecule has 1 aromatic carbocycles. The molecule has 0 aliphatic heterocycles. The van der Waals surface area contributed by atoms with Gasteiger partial charge in [0, 0.05) is 16.7 Å². The molecule has 0 spiro atoms. The molecule has 4 nitrogen and oxygen atoms in total. The van der Waals surface area contributed by atoms with Gasteiger partial charge in [-0.2, -0.15) is 5.10 Å². The highest BCUT2D eigenvalue weighted by Gasteiger charge is 2.14. The molecule has 0 atom stereocenters. The first kappa shape index (κ1) is 12.8. The first-order valence-corrected chi connectivity index (χ1v) is 6.42. The summed E-state index contributed by atoms with van der Waals surface area (Å²) in [6.07, 6.45) is 0. The second-order valence-electron chi connectivity index (χ2n) is 4.08. The number of aromatic nitrogens is 2. The van der Waals surface area contributed by atoms with E-state index in [2.05, 4.69) is 31.4 Å². The minimum Gasteiger partial charge on any atom is -0.348 e. The van der Waals surface area contributed by atoms with Crippen molar-refractivity contribution in [1.29, 1.82) is 0 Å². The standard InChI is InChI=1S/C13H14BrN3O/c1-8-12(9(2)17-16-8)13(18)15-7-10-5-3-4-6-11(10)14/h3-6H,7H2,1-2H3,(H,15,18)(H,16,17). The maximum atomic E-state index is 12.0. The molecular formula is C13H14BrN3O. The molecule has 0 saturated heterocycles. The van der Waals surface area contributed by atoms with Gasteiger partial charge < -0.3 is 5.32 Å². The molecule has 0 aliphatic carbocycles. The van der Waals surface area contributed by atoms with E-state index in [0.29, 0.717) is 12.1 Å². The number of carbonyl (C=O) groups is 1. The Labute approximate surface area is 114 Å². The number of hydrogen-bond acceptors (Lipinski definition) is 2. The number of aromatic amines is 1. The SMILES string of the molecule is Cc1n[nH]c(C)c1C(=O)NCc1ccccc1Br. The number of benzene rings is 1. The van der Waals surface area contributed by atoms with E-state index >= 15 is 0 Å². The predicted octanol–water partition coefficient (Wildman–Crippen LogP) is 2.72. The zero-order valence-corrected chi connectivity index (χ0v) is 11.8. The molecule has 18 heavy (non-hydrogen) atoms. The van der Waals surface area contributed by atoms with E-state index in [9.17, 15) is 4.79 Å². The van der Waals surface area contributed by atoms with Gasteiger partial charge in [-0.3, -0.25) is 9.89 Å². The average molecular weight is 308 g/mol. The van der Waals surface area contributed by atoms with Gasteiger partial charge in [0.15, 0.2) is 0 Å². The number of aryl methyl sites for hydroxylation is 2. The summed E-state index contributed by atoms with van der Waals surface area (Å²) in [5.74, 6) is -0.102. The molecule has 5 heteroatoms. The molecule has 0 fully saturated rings. The summed E-state index contributed by atoms with van der Waals surface area (Å²) in [5, 5.41) is 9.72. The van der Waals surface area contributed by atoms with E-state index in [1.165, 1.54) is 0 Å². The highest BCUT2D eigenvalue weighted by atomic mass is 79.9. The predicted molar refractivity (Wildman–Crippen MR) is 73.4 cm³/mol. The first-order valence-electron chi connectivity index (χ1n) is 5.62. The van der Waals surface area contributed by atoms with Gasteiger partial charge in [0.2, 0.25) is 0 Å². The number of nitrogens with zero attached hydrogens (tertiary/aromatic N) is 1. The number of rotatable bonds is 3. The lowest BCUT2D eigenvalue weighted by Gasteiger charge is -2.07. The fourth-order valence-electron chi connectivity index (χ4n) is 1.79. The van der Waals surface area contributed by atoms with Gasteiger partial charge in [-0.15, -0.1) is 0 Å². The fraction of sp³-hybridized carbons (Fsp3) is 0.231. The molecule has 2 aromatic rings. The Bertz CT molecular complexity index is 558. The van der Waals surface area contributed by atoms with E-state index in [1.807, 2.05) is 38.1 Å². The minimum absolute atomic E-state index is 0.102. The zero-order chi connectivity index (χ0) is 13.1. The monoisotopic (exact) mass is 307 g/mol. The number of nitrogens with one attached hydrogen (secondary N) is 2. The topological polar surface area (TPSA) is 57.8 Å². The molecule has 0 radical (unpaired) electrons. The van der Waals surface area contributed by atoms with Crippen LogP contribution in [0.5, 0.6) is 0 Å². The average Bonchev–Trinajstić information content (AvgIpc) is 2.68. The Morgan fingerprint density at radius 1 is 1.39 bits per heavy atom. The van der Waals surface area contributed by atoms with Crippen molar-refractivity contribution in [3.05, 3.63) is 51.3 Å². The highest BCUT2D eigenvalue weighted by molar-refractivity contribution is 9.10. The van der Waals surface area contributed by atoms with Crippen molar-refractivity contribution in [3.63, 3.8) is 0 Å². The first-order chi connectivity index (χ1) is 8.59. The number of H-pyrrole nitrogens is 1. The van der Waals surface area contributed by atoms with Crippen molar-refractivity contribution in [2.24, 2.45) is 0 Å². The lowest BCUT2D eigenvalue weighted by Crippen LogP contribution is -2.24. The summed E-state index contributed by atoms with van der Waals surface area (Å²) >= 11 is 3.45. The largest absolute Gasteiger partial charge is 0.348 e. The van der Waals surface area contributed by atoms with Gasteiger partial charge in [0.05, 0.1) is 11.3 Å². The van der Waals surface area contributed by atoms with Crippen molar-refractivity contribution < 1.29 is 4.79 Å². The molecule has 2 rings (SSSR count). The molecule has 1 amide bonds. The van der Waals surface area contributed by atoms with E-state index in [4.69, 9.17) is 0 Å². The van der Waals surface area contributed by atoms with Crippen molar-refractivity contribution in [3.8, 4) is 0 Å². The Kier molecular flexibility index (Phi) is 3.81. The fourth-order valence-corrected chi connectivity index (χ4v) is 2.22. The lowest BCUT2D eigenvalue weighted by atomic mass is 10.1. The van der Waals surface area contributed by atoms with Crippen LogP contribution >= 0.6 is 15.9 Å². The maximum absolute atomic E-state index is 12.0. The molecule has 0 unspecified atom stereocenters. The third-order valence-electron chi connectivity index (χ3n) is 2.75. The van der Waals surface area contributed by atoms with Gasteiger partial charge in [-0.25, -0.2) is 0 Å². The van der Waals surface area contributed by atoms with E-state index < -0.39 is 0 Å². The van der Waals surface area contributed by atoms with Crippen LogP contribution in [0.4, 0.5) is 0 Å². The molecular weight excluding hydrogens is 294 g/mol. The van der Waals surface area contributed by atoms with Crippen molar-refractivity contribution in [2.45, 2.75) is 20.4 Å². The van der Waals surface area contributed by atoms with Crippen LogP contribution in [0.25, 0.3) is 0 Å². The minimum atomic E-state index is -0.102. The molecule has 2 N–H and O–H groups in total. The van der Waals surface area contributed by atoms with Gasteiger partial charge >= 0.3 is 0 Å². The summed E-state index contributed by atoms with van der Waals surface area (Å²) in [7, 11) is 0. The van der Waals surface area contributed by atoms with Gasteiger partial charge in [0.25, 0.3) is 5.91 Å². The summed E-state index contributed by atoms with van der Waals surface area (Å²) in [6, 6.07) is 7.82. The Morgan fingerprint density at radius 2 is 2.11 bits per heavy atom. The lowest BCUT2D eigenvalue weighted by molar-refractivity contribution is 0.0949. The van der Waals surface area contributed by atoms with Crippen LogP contribution in [-0.4, -0.2) is 16.1 Å². The second kappa shape index (κ2) is 5.35. The molecule has 1 aromatic heterocycles. The molecule has 0 aliphatic rings. The van der Waals surface area contributed by atoms with Crippen LogP contribution in [0.1, 0.15) is 27.3 Å². The maximum Gasteiger partial charge on any atom is 0.255 e. The molecule has 94 valence electrons. The number of carbonyl (C=O) groups excluding carboxylic acids is 1. The summed E-state index contributed by atoms with van der Waals surface area (Å²) in [5.41, 5.74) is 3.18. The second-order valence-corrected chi connectivity index (χ2v) is 4.94. The summed E-state index contributed by atoms with van der Waals surface area (Å²) in [6.45, 7) is 4.15. The molecule has 0 bridgehead atoms. The van der Waals surface area contributed by atoms with Crippen LogP contribution < -0.4 is 5.32 Å². The van der Waals surface area contributed by atoms with Crippen molar-refractivity contribution in [2.75, 3.05) is 0 Å². The van der Waals surface area contributed by atoms with Crippen molar-refractivity contribution in [1.82, 2.24) is 15.5 Å². The summed E-state index contributed by atoms with van der Waals surface area (Å²) < 4.78 is 0.992. The Balaban J connectivity index is 2.08. The van der Waals surface area contributed by atoms with Crippen LogP contribution in [0.15, 0.2) is 28.7 Å². The van der Waals surface area contributed by atoms with Crippen LogP contribution in [0.2, 0.25) is 0 Å². The molecule has 0 saturated carbocycles. The number of halogens is 1. The van der Waals surface area contributed by atoms with E-state index in [-0.39, 0.29) is 5.91 Å². The number of hydrogen-bond donors (Lipinski definition) is 2. The highest BCUT2D eigenvalue weighted by Crippen LogP contribution is 2.16. The van der Waals surface area contributed by atoms with Gasteiger partial charge in [0.1, 0.15) is 0 Å². The van der Waals surface area contributed by atoms with Gasteiger partial charge in [-0.05, 0) is 25.5 Å². The van der Waals surface area contributed by atoms with E-state index in [1.54, 1.807) is 0 Å². The zero-order valence-electron chi connectivity index (χ0n) is 10.2. The quantitative estimate of drug-likeness (QED) is 0.916. The third kappa shape index (κ3) is 2.61. The van der Waals surface area contributed by atoms with Crippen LogP contribution in [0.3, 0.4) is 0 Å². The Hall–Kier alpha value is -1.62. The molecule has 1 heterocycles. The summed E-state index contributed by atoms with van der Waals surface area (Å²) in [4.78, 5) is 12.0. The smallest absolute Gasteiger partial charge is 0.255 e. The van der Waals surface area contributed by atoms with Crippen LogP contribution in [0, 0.1) is 13.8 Å².